The molecule has 1 aliphatic carbocycles. The van der Waals surface area contributed by atoms with Crippen molar-refractivity contribution in [2.75, 3.05) is 11.5 Å². The zero-order valence-electron chi connectivity index (χ0n) is 17.3. The minimum absolute atomic E-state index is 0.407. The molecule has 5 rings (SSSR count). The van der Waals surface area contributed by atoms with Crippen LogP contribution in [0.2, 0.25) is 0 Å². The molecule has 0 unspecified atom stereocenters. The maximum Gasteiger partial charge on any atom is 0.246 e. The molecule has 0 saturated heterocycles. The fraction of sp³-hybridized carbons (Fsp3) is 0.375. The van der Waals surface area contributed by atoms with Gasteiger partial charge in [0.25, 0.3) is 0 Å². The van der Waals surface area contributed by atoms with E-state index < -0.39 is 5.91 Å². The number of hydrogen-bond donors (Lipinski definition) is 1. The second-order valence-electron chi connectivity index (χ2n) is 8.37. The first-order chi connectivity index (χ1) is 14.5. The molecule has 0 atom stereocenters. The van der Waals surface area contributed by atoms with Crippen LogP contribution in [-0.2, 0) is 17.6 Å². The second-order valence-corrected chi connectivity index (χ2v) is 8.37. The minimum Gasteiger partial charge on any atom is -0.491 e. The Hall–Kier alpha value is -3.33. The Kier molecular flexibility index (Phi) is 4.28. The topological polar surface area (TPSA) is 92.2 Å². The Bertz CT molecular complexity index is 1150. The average molecular weight is 400 g/mol. The summed E-state index contributed by atoms with van der Waals surface area (Å²) in [6.07, 6.45) is 6.63. The van der Waals surface area contributed by atoms with E-state index >= 15 is 0 Å². The average Bonchev–Trinajstić information content (AvgIpc) is 3.18. The fourth-order valence-corrected chi connectivity index (χ4v) is 4.92. The van der Waals surface area contributed by atoms with Crippen LogP contribution in [0, 0.1) is 18.3 Å². The van der Waals surface area contributed by atoms with E-state index in [2.05, 4.69) is 17.9 Å². The van der Waals surface area contributed by atoms with Crippen LogP contribution in [0.15, 0.2) is 29.6 Å². The Morgan fingerprint density at radius 1 is 1.30 bits per heavy atom. The van der Waals surface area contributed by atoms with Gasteiger partial charge in [-0.1, -0.05) is 6.42 Å². The first-order valence-electron chi connectivity index (χ1n) is 10.5. The lowest BCUT2D eigenvalue weighted by Crippen LogP contribution is -2.31. The summed E-state index contributed by atoms with van der Waals surface area (Å²) in [5.41, 5.74) is 13.9. The van der Waals surface area contributed by atoms with Crippen molar-refractivity contribution in [1.82, 2.24) is 4.98 Å². The predicted molar refractivity (Wildman–Crippen MR) is 114 cm³/mol. The number of hydrogen-bond acceptors (Lipinski definition) is 5. The number of aromatic nitrogens is 1. The number of anilines is 2. The van der Waals surface area contributed by atoms with Crippen LogP contribution in [0.1, 0.15) is 60.1 Å². The lowest BCUT2D eigenvalue weighted by Gasteiger charge is -2.38. The zero-order chi connectivity index (χ0) is 21.0. The summed E-state index contributed by atoms with van der Waals surface area (Å²) >= 11 is 0. The summed E-state index contributed by atoms with van der Waals surface area (Å²) in [6, 6.07) is 6.04. The molecule has 1 saturated carbocycles. The van der Waals surface area contributed by atoms with Crippen molar-refractivity contribution in [1.29, 1.82) is 5.26 Å². The molecule has 6 heteroatoms. The van der Waals surface area contributed by atoms with Crippen LogP contribution in [0.4, 0.5) is 11.4 Å². The predicted octanol–water partition coefficient (Wildman–Crippen LogP) is 3.92. The van der Waals surface area contributed by atoms with Crippen molar-refractivity contribution in [3.8, 4) is 11.8 Å². The van der Waals surface area contributed by atoms with Gasteiger partial charge in [-0.25, -0.2) is 0 Å². The third kappa shape index (κ3) is 2.62. The highest BCUT2D eigenvalue weighted by Gasteiger charge is 2.35. The molecule has 30 heavy (non-hydrogen) atoms. The number of nitrogens with zero attached hydrogens (tertiary/aromatic N) is 3. The number of nitrogens with two attached hydrogens (primary N) is 1. The van der Waals surface area contributed by atoms with Gasteiger partial charge in [-0.3, -0.25) is 9.78 Å². The van der Waals surface area contributed by atoms with Gasteiger partial charge in [0.2, 0.25) is 5.91 Å². The van der Waals surface area contributed by atoms with Gasteiger partial charge in [0.15, 0.2) is 0 Å². The third-order valence-electron chi connectivity index (χ3n) is 6.70. The maximum absolute atomic E-state index is 12.4. The standard InChI is InChI=1S/C24H24N4O2/c1-13-12-27-21(15-4-3-5-15)19-10-18(24(26)29)14(2)28(22(13)19)20-7-6-16(11-25)17-8-9-30-23(17)20/h6-7,12,15H,3-5,8-10H2,1-2H3,(H2,26,29). The van der Waals surface area contributed by atoms with Crippen LogP contribution in [0.3, 0.4) is 0 Å². The number of benzene rings is 1. The number of ether oxygens (including phenoxy) is 1. The highest BCUT2D eigenvalue weighted by Crippen LogP contribution is 2.50. The highest BCUT2D eigenvalue weighted by atomic mass is 16.5. The van der Waals surface area contributed by atoms with Crippen LogP contribution in [0.25, 0.3) is 0 Å². The second kappa shape index (κ2) is 6.88. The van der Waals surface area contributed by atoms with Gasteiger partial charge >= 0.3 is 0 Å². The van der Waals surface area contributed by atoms with Crippen molar-refractivity contribution < 1.29 is 9.53 Å². The summed E-state index contributed by atoms with van der Waals surface area (Å²) in [5.74, 6) is 0.763. The number of pyridine rings is 1. The van der Waals surface area contributed by atoms with Gasteiger partial charge in [0.05, 0.1) is 29.6 Å². The summed E-state index contributed by atoms with van der Waals surface area (Å²) in [4.78, 5) is 19.3. The number of primary amides is 1. The summed E-state index contributed by atoms with van der Waals surface area (Å²) in [5, 5.41) is 9.50. The van der Waals surface area contributed by atoms with Crippen molar-refractivity contribution in [3.63, 3.8) is 0 Å². The smallest absolute Gasteiger partial charge is 0.246 e. The first kappa shape index (κ1) is 18.7. The van der Waals surface area contributed by atoms with Gasteiger partial charge in [0, 0.05) is 53.0 Å². The van der Waals surface area contributed by atoms with E-state index in [1.54, 1.807) is 0 Å². The van der Waals surface area contributed by atoms with Crippen molar-refractivity contribution in [3.05, 3.63) is 57.5 Å². The zero-order valence-corrected chi connectivity index (χ0v) is 17.3. The highest BCUT2D eigenvalue weighted by molar-refractivity contribution is 5.97. The molecule has 152 valence electrons. The molecule has 2 N–H and O–H groups in total. The molecule has 0 radical (unpaired) electrons. The largest absolute Gasteiger partial charge is 0.491 e. The number of amides is 1. The minimum atomic E-state index is -0.407. The number of aryl methyl sites for hydroxylation is 1. The lowest BCUT2D eigenvalue weighted by molar-refractivity contribution is -0.114. The number of carbonyl (C=O) groups excluding carboxylic acids is 1. The molecule has 1 amide bonds. The van der Waals surface area contributed by atoms with E-state index in [1.807, 2.05) is 25.3 Å². The molecule has 0 spiro atoms. The van der Waals surface area contributed by atoms with Gasteiger partial charge in [-0.05, 0) is 44.4 Å². The molecule has 1 aromatic heterocycles. The van der Waals surface area contributed by atoms with Crippen LogP contribution < -0.4 is 15.4 Å². The van der Waals surface area contributed by atoms with Crippen molar-refractivity contribution in [2.45, 2.75) is 51.9 Å². The molecule has 3 heterocycles. The van der Waals surface area contributed by atoms with E-state index in [0.29, 0.717) is 36.5 Å². The van der Waals surface area contributed by atoms with Crippen molar-refractivity contribution in [2.24, 2.45) is 5.73 Å². The monoisotopic (exact) mass is 400 g/mol. The molecule has 6 nitrogen and oxygen atoms in total. The number of carbonyl (C=O) groups is 1. The SMILES string of the molecule is CC1=C(C(N)=O)Cc2c(C3CCC3)ncc(C)c2N1c1ccc(C#N)c2c1OCC2. The van der Waals surface area contributed by atoms with E-state index in [-0.39, 0.29) is 0 Å². The van der Waals surface area contributed by atoms with Crippen LogP contribution >= 0.6 is 0 Å². The normalized spacial score (nSPS) is 17.7. The molecular weight excluding hydrogens is 376 g/mol. The van der Waals surface area contributed by atoms with Gasteiger partial charge in [0.1, 0.15) is 5.75 Å². The lowest BCUT2D eigenvalue weighted by atomic mass is 9.78. The van der Waals surface area contributed by atoms with Gasteiger partial charge in [-0.2, -0.15) is 5.26 Å². The molecular formula is C24H24N4O2. The molecule has 1 fully saturated rings. The molecule has 3 aliphatic rings. The molecule has 1 aromatic carbocycles. The Balaban J connectivity index is 1.78. The van der Waals surface area contributed by atoms with E-state index in [1.165, 1.54) is 6.42 Å². The number of nitriles is 1. The molecule has 0 bridgehead atoms. The Morgan fingerprint density at radius 2 is 2.10 bits per heavy atom. The Morgan fingerprint density at radius 3 is 2.77 bits per heavy atom. The number of fused-ring (bicyclic) bond motifs is 2. The van der Waals surface area contributed by atoms with Gasteiger partial charge in [-0.15, -0.1) is 0 Å². The number of allylic oxidation sites excluding steroid dienone is 1. The van der Waals surface area contributed by atoms with E-state index in [0.717, 1.165) is 58.0 Å². The fourth-order valence-electron chi connectivity index (χ4n) is 4.92. The number of rotatable bonds is 3. The Labute approximate surface area is 176 Å². The molecule has 2 aromatic rings. The van der Waals surface area contributed by atoms with Crippen LogP contribution in [0.5, 0.6) is 5.75 Å². The first-order valence-corrected chi connectivity index (χ1v) is 10.5. The quantitative estimate of drug-likeness (QED) is 0.843. The van der Waals surface area contributed by atoms with Crippen LogP contribution in [-0.4, -0.2) is 17.5 Å². The van der Waals surface area contributed by atoms with E-state index in [4.69, 9.17) is 15.5 Å². The summed E-state index contributed by atoms with van der Waals surface area (Å²) in [6.45, 7) is 4.54. The summed E-state index contributed by atoms with van der Waals surface area (Å²) < 4.78 is 5.99. The summed E-state index contributed by atoms with van der Waals surface area (Å²) in [7, 11) is 0. The maximum atomic E-state index is 12.4. The van der Waals surface area contributed by atoms with E-state index in [9.17, 15) is 10.1 Å². The van der Waals surface area contributed by atoms with Gasteiger partial charge < -0.3 is 15.4 Å². The van der Waals surface area contributed by atoms with Crippen molar-refractivity contribution >= 4 is 17.3 Å². The molecule has 2 aliphatic heterocycles. The third-order valence-corrected chi connectivity index (χ3v) is 6.70.